The lowest BCUT2D eigenvalue weighted by Crippen LogP contribution is -2.55. The number of halogens is 1. The van der Waals surface area contributed by atoms with Crippen LogP contribution in [0.2, 0.25) is 0 Å². The molecule has 374 valence electrons. The third kappa shape index (κ3) is 12.3. The number of pyridine rings is 1. The number of benzene rings is 4. The first-order chi connectivity index (χ1) is 35.0. The molecule has 3 saturated heterocycles. The van der Waals surface area contributed by atoms with Crippen molar-refractivity contribution in [3.8, 4) is 11.1 Å². The molecule has 3 fully saturated rings. The Bertz CT molecular complexity index is 3000. The molecule has 72 heavy (non-hydrogen) atoms. The highest BCUT2D eigenvalue weighted by Crippen LogP contribution is 2.29. The van der Waals surface area contributed by atoms with Gasteiger partial charge in [-0.15, -0.1) is 0 Å². The molecule has 0 bridgehead atoms. The summed E-state index contributed by atoms with van der Waals surface area (Å²) < 4.78 is 15.1. The highest BCUT2D eigenvalue weighted by atomic mass is 19.1. The summed E-state index contributed by atoms with van der Waals surface area (Å²) in [6, 6.07) is 30.1. The van der Waals surface area contributed by atoms with E-state index in [-0.39, 0.29) is 47.9 Å². The molecule has 3 N–H and O–H groups in total. The highest BCUT2D eigenvalue weighted by molar-refractivity contribution is 5.95. The fourth-order valence-corrected chi connectivity index (χ4v) is 10.1. The number of fused-ring (bicyclic) bond motifs is 1. The number of aryl methyl sites for hydroxylation is 2. The van der Waals surface area contributed by atoms with E-state index in [0.717, 1.165) is 67.8 Å². The number of amides is 4. The number of nitrogens with one attached hydrogen (secondary N) is 3. The first-order valence-corrected chi connectivity index (χ1v) is 25.1. The van der Waals surface area contributed by atoms with Crippen molar-refractivity contribution in [3.63, 3.8) is 0 Å². The topological polar surface area (TPSA) is 167 Å². The number of anilines is 1. The molecule has 4 aromatic carbocycles. The van der Waals surface area contributed by atoms with Crippen molar-refractivity contribution in [2.24, 2.45) is 5.92 Å². The van der Waals surface area contributed by atoms with Gasteiger partial charge in [0.2, 0.25) is 17.7 Å². The molecule has 0 saturated carbocycles. The smallest absolute Gasteiger partial charge is 0.272 e. The second kappa shape index (κ2) is 22.9. The number of likely N-dealkylation sites (tertiary alicyclic amines) is 1. The Balaban J connectivity index is 0.723. The standard InChI is InChI=1S/C56H63FN10O5/c1-3-39-9-7-11-43(27-39)44-31-50(60-52(68)34-58-32-41-10-6-8-38(2)26-41)51(59-33-44)36-67-17-16-42(30-53(67)69)35-63-18-20-64(21-19-63)37-54(70)65-22-24-66(25-23-65)56(72)47-28-40(14-15-48(47)57)29-49-45-12-4-5-13-46(45)55(71)62-61-49/h4-15,26-28,31,33,42,58H,3,16-25,29-30,32,34-37H2,1-2H3,(H,60,68)(H,62,71). The van der Waals surface area contributed by atoms with Gasteiger partial charge in [-0.25, -0.2) is 9.49 Å². The normalized spacial score (nSPS) is 16.8. The summed E-state index contributed by atoms with van der Waals surface area (Å²) in [5.41, 5.74) is 7.63. The molecule has 5 heterocycles. The summed E-state index contributed by atoms with van der Waals surface area (Å²) in [6.07, 6.45) is 4.32. The molecule has 4 amide bonds. The predicted octanol–water partition coefficient (Wildman–Crippen LogP) is 5.65. The molecule has 16 heteroatoms. The Morgan fingerprint density at radius 2 is 1.50 bits per heavy atom. The van der Waals surface area contributed by atoms with Crippen LogP contribution in [0.3, 0.4) is 0 Å². The minimum Gasteiger partial charge on any atom is -0.338 e. The second-order valence-corrected chi connectivity index (χ2v) is 19.4. The van der Waals surface area contributed by atoms with E-state index < -0.39 is 11.7 Å². The first kappa shape index (κ1) is 49.8. The number of aromatic nitrogens is 3. The Labute approximate surface area is 419 Å². The number of piperidine rings is 1. The molecule has 9 rings (SSSR count). The molecule has 1 unspecified atom stereocenters. The maximum atomic E-state index is 15.1. The van der Waals surface area contributed by atoms with Crippen LogP contribution in [0.25, 0.3) is 21.9 Å². The van der Waals surface area contributed by atoms with Crippen molar-refractivity contribution in [1.29, 1.82) is 0 Å². The van der Waals surface area contributed by atoms with E-state index in [1.807, 2.05) is 66.6 Å². The summed E-state index contributed by atoms with van der Waals surface area (Å²) in [4.78, 5) is 81.0. The lowest BCUT2D eigenvalue weighted by Gasteiger charge is -2.39. The van der Waals surface area contributed by atoms with E-state index in [1.54, 1.807) is 34.1 Å². The van der Waals surface area contributed by atoms with E-state index in [4.69, 9.17) is 4.98 Å². The third-order valence-corrected chi connectivity index (χ3v) is 14.2. The number of hydrogen-bond acceptors (Lipinski definition) is 10. The Morgan fingerprint density at radius 3 is 2.28 bits per heavy atom. The van der Waals surface area contributed by atoms with Gasteiger partial charge < -0.3 is 30.2 Å². The van der Waals surface area contributed by atoms with Crippen LogP contribution in [0.4, 0.5) is 10.1 Å². The van der Waals surface area contributed by atoms with Crippen LogP contribution in [-0.4, -0.2) is 142 Å². The van der Waals surface area contributed by atoms with Crippen molar-refractivity contribution in [2.45, 2.75) is 52.6 Å². The predicted molar refractivity (Wildman–Crippen MR) is 276 cm³/mol. The Hall–Kier alpha value is -7.14. The summed E-state index contributed by atoms with van der Waals surface area (Å²) in [7, 11) is 0. The lowest BCUT2D eigenvalue weighted by molar-refractivity contribution is -0.136. The molecule has 15 nitrogen and oxygen atoms in total. The maximum absolute atomic E-state index is 15.1. The van der Waals surface area contributed by atoms with Gasteiger partial charge in [-0.1, -0.05) is 85.3 Å². The summed E-state index contributed by atoms with van der Waals surface area (Å²) in [6.45, 7) is 11.2. The molecule has 3 aliphatic heterocycles. The molecule has 0 spiro atoms. The molecule has 0 radical (unpaired) electrons. The number of carbonyl (C=O) groups is 4. The fraction of sp³-hybridized carbons (Fsp3) is 0.375. The van der Waals surface area contributed by atoms with Gasteiger partial charge in [0.1, 0.15) is 5.82 Å². The summed E-state index contributed by atoms with van der Waals surface area (Å²) in [5, 5.41) is 14.3. The number of H-pyrrole nitrogens is 1. The fourth-order valence-electron chi connectivity index (χ4n) is 10.1. The molecule has 2 aromatic heterocycles. The average Bonchev–Trinajstić information content (AvgIpc) is 3.39. The molecule has 0 aliphatic carbocycles. The van der Waals surface area contributed by atoms with Crippen molar-refractivity contribution in [2.75, 3.05) is 83.9 Å². The molecule has 1 atom stereocenters. The molecule has 3 aliphatic rings. The number of rotatable bonds is 16. The highest BCUT2D eigenvalue weighted by Gasteiger charge is 2.31. The van der Waals surface area contributed by atoms with Gasteiger partial charge in [0.05, 0.1) is 47.7 Å². The number of hydrogen-bond donors (Lipinski definition) is 3. The number of aromatic amines is 1. The van der Waals surface area contributed by atoms with Crippen molar-refractivity contribution in [3.05, 3.63) is 159 Å². The van der Waals surface area contributed by atoms with Gasteiger partial charge in [0.15, 0.2) is 0 Å². The molecule has 6 aromatic rings. The van der Waals surface area contributed by atoms with Gasteiger partial charge in [-0.2, -0.15) is 5.10 Å². The monoisotopic (exact) mass is 974 g/mol. The van der Waals surface area contributed by atoms with E-state index in [9.17, 15) is 24.0 Å². The maximum Gasteiger partial charge on any atom is 0.272 e. The van der Waals surface area contributed by atoms with Crippen LogP contribution in [-0.2, 0) is 40.3 Å². The Kier molecular flexibility index (Phi) is 15.9. The van der Waals surface area contributed by atoms with Crippen molar-refractivity contribution >= 4 is 40.1 Å². The summed E-state index contributed by atoms with van der Waals surface area (Å²) in [5.74, 6) is -0.924. The zero-order valence-electron chi connectivity index (χ0n) is 41.2. The van der Waals surface area contributed by atoms with Crippen LogP contribution in [0.5, 0.6) is 0 Å². The number of nitrogens with zero attached hydrogens (tertiary/aromatic N) is 7. The second-order valence-electron chi connectivity index (χ2n) is 19.4. The summed E-state index contributed by atoms with van der Waals surface area (Å²) >= 11 is 0. The first-order valence-electron chi connectivity index (χ1n) is 25.1. The minimum atomic E-state index is -0.613. The lowest BCUT2D eigenvalue weighted by atomic mass is 9.95. The van der Waals surface area contributed by atoms with Crippen LogP contribution >= 0.6 is 0 Å². The number of carbonyl (C=O) groups excluding carboxylic acids is 4. The quantitative estimate of drug-likeness (QED) is 0.110. The zero-order valence-corrected chi connectivity index (χ0v) is 41.2. The van der Waals surface area contributed by atoms with Gasteiger partial charge >= 0.3 is 0 Å². The zero-order chi connectivity index (χ0) is 50.1. The largest absolute Gasteiger partial charge is 0.338 e. The van der Waals surface area contributed by atoms with E-state index in [0.29, 0.717) is 92.1 Å². The third-order valence-electron chi connectivity index (χ3n) is 14.2. The van der Waals surface area contributed by atoms with Crippen LogP contribution in [0, 0.1) is 18.7 Å². The van der Waals surface area contributed by atoms with Gasteiger partial charge in [-0.3, -0.25) is 33.9 Å². The van der Waals surface area contributed by atoms with Crippen molar-refractivity contribution < 1.29 is 23.6 Å². The van der Waals surface area contributed by atoms with Gasteiger partial charge in [0.25, 0.3) is 11.5 Å². The van der Waals surface area contributed by atoms with Gasteiger partial charge in [-0.05, 0) is 72.2 Å². The van der Waals surface area contributed by atoms with Crippen molar-refractivity contribution in [1.82, 2.24) is 45.0 Å². The van der Waals surface area contributed by atoms with E-state index in [1.165, 1.54) is 11.6 Å². The van der Waals surface area contributed by atoms with Crippen LogP contribution < -0.4 is 16.2 Å². The average molecular weight is 975 g/mol. The number of piperazine rings is 2. The van der Waals surface area contributed by atoms with Gasteiger partial charge in [0, 0.05) is 102 Å². The van der Waals surface area contributed by atoms with E-state index >= 15 is 4.39 Å². The van der Waals surface area contributed by atoms with Crippen LogP contribution in [0.1, 0.15) is 63.8 Å². The SMILES string of the molecule is CCc1cccc(-c2cnc(CN3CCC(CN4CCN(CC(=O)N5CCN(C(=O)c6cc(Cc7n[nH]c(=O)c8ccccc78)ccc6F)CC5)CC4)CC3=O)c(NC(=O)CNCc3cccc(C)c3)c2)c1. The molecular formula is C56H63FN10O5. The van der Waals surface area contributed by atoms with Crippen LogP contribution in [0.15, 0.2) is 108 Å². The van der Waals surface area contributed by atoms with E-state index in [2.05, 4.69) is 55.8 Å². The molecular weight excluding hydrogens is 912 g/mol. The minimum absolute atomic E-state index is 0.00895. The Morgan fingerprint density at radius 1 is 0.750 bits per heavy atom.